The standard InChI is InChI=1S/C23H27N3O3/c1-17(19-10-6-4-7-11-19)26(18(2)20-12-8-5-9-13-20)16-22(29-3)25-15-14-21(27)24-23(25)28/h4-15,17-18,22H,16H2,1-3H3,(H,24,27,28)/t17-,18-,22?/m1/s1. The lowest BCUT2D eigenvalue weighted by atomic mass is 10.0. The third-order valence-corrected chi connectivity index (χ3v) is 5.36. The van der Waals surface area contributed by atoms with E-state index in [0.29, 0.717) is 6.54 Å². The van der Waals surface area contributed by atoms with E-state index in [0.717, 1.165) is 0 Å². The van der Waals surface area contributed by atoms with E-state index in [9.17, 15) is 9.59 Å². The molecule has 3 atom stereocenters. The summed E-state index contributed by atoms with van der Waals surface area (Å²) in [6.07, 6.45) is 0.935. The third kappa shape index (κ3) is 4.91. The van der Waals surface area contributed by atoms with Crippen LogP contribution in [0.15, 0.2) is 82.5 Å². The Balaban J connectivity index is 1.97. The number of nitrogens with zero attached hydrogens (tertiary/aromatic N) is 2. The van der Waals surface area contributed by atoms with Crippen LogP contribution in [0.25, 0.3) is 0 Å². The molecule has 3 rings (SSSR count). The first kappa shape index (κ1) is 20.8. The maximum absolute atomic E-state index is 12.3. The lowest BCUT2D eigenvalue weighted by Crippen LogP contribution is -2.40. The summed E-state index contributed by atoms with van der Waals surface area (Å²) in [7, 11) is 1.57. The summed E-state index contributed by atoms with van der Waals surface area (Å²) in [4.78, 5) is 28.4. The van der Waals surface area contributed by atoms with Crippen molar-refractivity contribution in [1.82, 2.24) is 14.5 Å². The number of benzene rings is 2. The van der Waals surface area contributed by atoms with E-state index in [1.54, 1.807) is 7.11 Å². The van der Waals surface area contributed by atoms with Crippen LogP contribution in [0.4, 0.5) is 0 Å². The molecule has 1 heterocycles. The van der Waals surface area contributed by atoms with Gasteiger partial charge in [-0.25, -0.2) is 4.79 Å². The van der Waals surface area contributed by atoms with Crippen LogP contribution in [0, 0.1) is 0 Å². The van der Waals surface area contributed by atoms with Gasteiger partial charge in [-0.05, 0) is 25.0 Å². The molecule has 2 aromatic carbocycles. The molecule has 0 saturated carbocycles. The van der Waals surface area contributed by atoms with Gasteiger partial charge in [-0.15, -0.1) is 0 Å². The fourth-order valence-electron chi connectivity index (χ4n) is 3.61. The predicted molar refractivity (Wildman–Crippen MR) is 114 cm³/mol. The Morgan fingerprint density at radius 2 is 1.41 bits per heavy atom. The number of methoxy groups -OCH3 is 1. The molecule has 0 spiro atoms. The monoisotopic (exact) mass is 393 g/mol. The Labute approximate surface area is 170 Å². The molecule has 29 heavy (non-hydrogen) atoms. The summed E-state index contributed by atoms with van der Waals surface area (Å²) in [6.45, 7) is 4.77. The minimum absolute atomic E-state index is 0.0857. The van der Waals surface area contributed by atoms with Crippen molar-refractivity contribution in [2.24, 2.45) is 0 Å². The first-order valence-electron chi connectivity index (χ1n) is 9.71. The van der Waals surface area contributed by atoms with Crippen molar-refractivity contribution >= 4 is 0 Å². The van der Waals surface area contributed by atoms with Crippen LogP contribution in [-0.2, 0) is 4.74 Å². The topological polar surface area (TPSA) is 67.3 Å². The summed E-state index contributed by atoms with van der Waals surface area (Å²) in [5.74, 6) is 0. The number of aromatic amines is 1. The van der Waals surface area contributed by atoms with E-state index in [-0.39, 0.29) is 12.1 Å². The molecular weight excluding hydrogens is 366 g/mol. The number of rotatable bonds is 8. The van der Waals surface area contributed by atoms with Crippen LogP contribution in [0.2, 0.25) is 0 Å². The Kier molecular flexibility index (Phi) is 6.80. The van der Waals surface area contributed by atoms with Crippen molar-refractivity contribution < 1.29 is 4.74 Å². The number of ether oxygens (including phenoxy) is 1. The number of aromatic nitrogens is 2. The molecule has 0 fully saturated rings. The van der Waals surface area contributed by atoms with Crippen LogP contribution in [-0.4, -0.2) is 28.1 Å². The molecule has 0 amide bonds. The fraction of sp³-hybridized carbons (Fsp3) is 0.304. The van der Waals surface area contributed by atoms with Crippen molar-refractivity contribution in [2.45, 2.75) is 32.2 Å². The molecule has 152 valence electrons. The normalized spacial score (nSPS) is 14.5. The Bertz CT molecular complexity index is 969. The predicted octanol–water partition coefficient (Wildman–Crippen LogP) is 3.51. The molecule has 0 radical (unpaired) electrons. The van der Waals surface area contributed by atoms with E-state index in [4.69, 9.17) is 4.74 Å². The van der Waals surface area contributed by atoms with Gasteiger partial charge in [0.2, 0.25) is 0 Å². The average Bonchev–Trinajstić information content (AvgIpc) is 2.76. The van der Waals surface area contributed by atoms with Gasteiger partial charge in [0.25, 0.3) is 5.56 Å². The summed E-state index contributed by atoms with van der Waals surface area (Å²) >= 11 is 0. The second-order valence-electron chi connectivity index (χ2n) is 7.08. The summed E-state index contributed by atoms with van der Waals surface area (Å²) in [5, 5.41) is 0. The zero-order chi connectivity index (χ0) is 20.8. The molecule has 6 nitrogen and oxygen atoms in total. The highest BCUT2D eigenvalue weighted by Crippen LogP contribution is 2.31. The van der Waals surface area contributed by atoms with Gasteiger partial charge in [-0.2, -0.15) is 0 Å². The van der Waals surface area contributed by atoms with Crippen LogP contribution in [0.1, 0.15) is 43.3 Å². The molecular formula is C23H27N3O3. The highest BCUT2D eigenvalue weighted by atomic mass is 16.5. The largest absolute Gasteiger partial charge is 0.360 e. The first-order valence-corrected chi connectivity index (χ1v) is 9.71. The van der Waals surface area contributed by atoms with Crippen LogP contribution >= 0.6 is 0 Å². The van der Waals surface area contributed by atoms with Gasteiger partial charge in [0.1, 0.15) is 6.23 Å². The number of hydrogen-bond acceptors (Lipinski definition) is 4. The molecule has 1 N–H and O–H groups in total. The first-order chi connectivity index (χ1) is 14.0. The van der Waals surface area contributed by atoms with E-state index in [1.807, 2.05) is 36.4 Å². The number of nitrogens with one attached hydrogen (secondary N) is 1. The quantitative estimate of drug-likeness (QED) is 0.636. The van der Waals surface area contributed by atoms with Crippen molar-refractivity contribution in [2.75, 3.05) is 13.7 Å². The van der Waals surface area contributed by atoms with Crippen LogP contribution in [0.5, 0.6) is 0 Å². The summed E-state index contributed by atoms with van der Waals surface area (Å²) in [5.41, 5.74) is 1.45. The molecule has 1 aromatic heterocycles. The maximum atomic E-state index is 12.3. The second kappa shape index (κ2) is 9.49. The van der Waals surface area contributed by atoms with E-state index < -0.39 is 17.5 Å². The SMILES string of the molecule is COC(CN([C@H](C)c1ccccc1)[C@H](C)c1ccccc1)n1ccc(=O)[nH]c1=O. The van der Waals surface area contributed by atoms with Gasteiger partial charge in [-0.1, -0.05) is 60.7 Å². The molecule has 3 aromatic rings. The van der Waals surface area contributed by atoms with Crippen molar-refractivity contribution in [1.29, 1.82) is 0 Å². The van der Waals surface area contributed by atoms with Crippen LogP contribution < -0.4 is 11.2 Å². The van der Waals surface area contributed by atoms with Gasteiger partial charge in [-0.3, -0.25) is 19.2 Å². The summed E-state index contributed by atoms with van der Waals surface area (Å²) in [6, 6.07) is 22.0. The molecule has 6 heteroatoms. The summed E-state index contributed by atoms with van der Waals surface area (Å²) < 4.78 is 7.08. The van der Waals surface area contributed by atoms with Crippen molar-refractivity contribution in [3.8, 4) is 0 Å². The smallest absolute Gasteiger partial charge is 0.330 e. The van der Waals surface area contributed by atoms with Gasteiger partial charge < -0.3 is 4.74 Å². The minimum Gasteiger partial charge on any atom is -0.360 e. The molecule has 1 unspecified atom stereocenters. The molecule has 0 saturated heterocycles. The number of hydrogen-bond donors (Lipinski definition) is 1. The third-order valence-electron chi connectivity index (χ3n) is 5.36. The molecule has 0 aliphatic carbocycles. The fourth-order valence-corrected chi connectivity index (χ4v) is 3.61. The molecule has 0 aliphatic heterocycles. The van der Waals surface area contributed by atoms with Gasteiger partial charge >= 0.3 is 5.69 Å². The lowest BCUT2D eigenvalue weighted by molar-refractivity contribution is -0.0129. The average molecular weight is 393 g/mol. The highest BCUT2D eigenvalue weighted by Gasteiger charge is 2.27. The van der Waals surface area contributed by atoms with Gasteiger partial charge in [0.15, 0.2) is 0 Å². The Hall–Kier alpha value is -2.96. The minimum atomic E-state index is -0.545. The van der Waals surface area contributed by atoms with Crippen molar-refractivity contribution in [3.05, 3.63) is 105 Å². The van der Waals surface area contributed by atoms with Crippen molar-refractivity contribution in [3.63, 3.8) is 0 Å². The molecule has 0 bridgehead atoms. The lowest BCUT2D eigenvalue weighted by Gasteiger charge is -2.37. The number of H-pyrrole nitrogens is 1. The Morgan fingerprint density at radius 1 is 0.897 bits per heavy atom. The zero-order valence-electron chi connectivity index (χ0n) is 17.0. The van der Waals surface area contributed by atoms with Gasteiger partial charge in [0, 0.05) is 38.0 Å². The Morgan fingerprint density at radius 3 is 1.86 bits per heavy atom. The van der Waals surface area contributed by atoms with E-state index >= 15 is 0 Å². The van der Waals surface area contributed by atoms with E-state index in [1.165, 1.54) is 28.0 Å². The highest BCUT2D eigenvalue weighted by molar-refractivity contribution is 5.22. The molecule has 0 aliphatic rings. The maximum Gasteiger partial charge on any atom is 0.330 e. The zero-order valence-corrected chi connectivity index (χ0v) is 17.0. The second-order valence-corrected chi connectivity index (χ2v) is 7.08. The van der Waals surface area contributed by atoms with Crippen LogP contribution in [0.3, 0.4) is 0 Å². The van der Waals surface area contributed by atoms with Gasteiger partial charge in [0.05, 0.1) is 0 Å². The van der Waals surface area contributed by atoms with E-state index in [2.05, 4.69) is 48.0 Å².